The molecule has 0 bridgehead atoms. The van der Waals surface area contributed by atoms with Crippen LogP contribution in [-0.2, 0) is 6.18 Å². The lowest BCUT2D eigenvalue weighted by atomic mass is 10.3. The summed E-state index contributed by atoms with van der Waals surface area (Å²) in [5.41, 5.74) is 0.334. The van der Waals surface area contributed by atoms with Gasteiger partial charge in [0.05, 0.1) is 0 Å². The van der Waals surface area contributed by atoms with Gasteiger partial charge in [0.25, 0.3) is 0 Å². The minimum atomic E-state index is -4.49. The first-order valence-electron chi connectivity index (χ1n) is 5.35. The second-order valence-corrected chi connectivity index (χ2v) is 3.93. The van der Waals surface area contributed by atoms with Crippen molar-refractivity contribution in [1.29, 1.82) is 0 Å². The van der Waals surface area contributed by atoms with Crippen molar-refractivity contribution in [3.05, 3.63) is 17.6 Å². The van der Waals surface area contributed by atoms with Gasteiger partial charge < -0.3 is 10.2 Å². The fraction of sp³-hybridized carbons (Fsp3) is 0.600. The normalized spacial score (nSPS) is 17.3. The number of anilines is 1. The Hall–Kier alpha value is -1.37. The van der Waals surface area contributed by atoms with E-state index < -0.39 is 12.0 Å². The molecular weight excluding hydrogens is 233 g/mol. The number of hydrogen-bond acceptors (Lipinski definition) is 4. The van der Waals surface area contributed by atoms with Crippen molar-refractivity contribution in [3.8, 4) is 0 Å². The lowest BCUT2D eigenvalue weighted by Gasteiger charge is -2.28. The van der Waals surface area contributed by atoms with E-state index in [-0.39, 0.29) is 0 Å². The van der Waals surface area contributed by atoms with Crippen molar-refractivity contribution in [2.24, 2.45) is 0 Å². The van der Waals surface area contributed by atoms with E-state index in [1.165, 1.54) is 0 Å². The lowest BCUT2D eigenvalue weighted by Crippen LogP contribution is -2.44. The third-order valence-electron chi connectivity index (χ3n) is 2.54. The highest BCUT2D eigenvalue weighted by Crippen LogP contribution is 2.28. The summed E-state index contributed by atoms with van der Waals surface area (Å²) in [6.07, 6.45) is -4.49. The highest BCUT2D eigenvalue weighted by molar-refractivity contribution is 5.40. The van der Waals surface area contributed by atoms with E-state index in [9.17, 15) is 13.2 Å². The molecule has 0 radical (unpaired) electrons. The Bertz CT molecular complexity index is 399. The molecule has 0 aromatic carbocycles. The molecule has 1 aromatic heterocycles. The van der Waals surface area contributed by atoms with Gasteiger partial charge in [-0.15, -0.1) is 0 Å². The zero-order valence-electron chi connectivity index (χ0n) is 9.38. The zero-order valence-corrected chi connectivity index (χ0v) is 9.38. The first-order valence-corrected chi connectivity index (χ1v) is 5.35. The van der Waals surface area contributed by atoms with Gasteiger partial charge in [-0.3, -0.25) is 0 Å². The molecule has 1 saturated heterocycles. The molecule has 1 aromatic rings. The van der Waals surface area contributed by atoms with Gasteiger partial charge in [0.2, 0.25) is 5.82 Å². The van der Waals surface area contributed by atoms with Gasteiger partial charge in [-0.05, 0) is 6.92 Å². The summed E-state index contributed by atoms with van der Waals surface area (Å²) in [6.45, 7) is 4.37. The topological polar surface area (TPSA) is 41.0 Å². The van der Waals surface area contributed by atoms with Gasteiger partial charge in [0, 0.05) is 37.9 Å². The van der Waals surface area contributed by atoms with Crippen molar-refractivity contribution in [2.75, 3.05) is 31.1 Å². The number of piperazine rings is 1. The Kier molecular flexibility index (Phi) is 3.19. The van der Waals surface area contributed by atoms with Crippen molar-refractivity contribution in [1.82, 2.24) is 15.3 Å². The number of nitrogens with zero attached hydrogens (tertiary/aromatic N) is 3. The molecule has 0 unspecified atom stereocenters. The first kappa shape index (κ1) is 12.1. The number of halogens is 3. The molecule has 1 aliphatic heterocycles. The molecule has 0 spiro atoms. The SMILES string of the molecule is Cc1cc(N2CCNCC2)nc(C(F)(F)F)n1. The predicted octanol–water partition coefficient (Wildman–Crippen LogP) is 1.21. The molecule has 0 atom stereocenters. The molecule has 7 heteroatoms. The van der Waals surface area contributed by atoms with Gasteiger partial charge >= 0.3 is 6.18 Å². The average Bonchev–Trinajstić information content (AvgIpc) is 2.28. The number of aromatic nitrogens is 2. The fourth-order valence-electron chi connectivity index (χ4n) is 1.73. The Balaban J connectivity index is 2.31. The molecular formula is C10H13F3N4. The molecule has 2 heterocycles. The summed E-state index contributed by atoms with van der Waals surface area (Å²) in [5.74, 6) is -0.711. The summed E-state index contributed by atoms with van der Waals surface area (Å²) in [6, 6.07) is 1.58. The number of alkyl halides is 3. The van der Waals surface area contributed by atoms with Crippen LogP contribution in [0.25, 0.3) is 0 Å². The van der Waals surface area contributed by atoms with Crippen LogP contribution in [0.4, 0.5) is 19.0 Å². The Morgan fingerprint density at radius 2 is 1.88 bits per heavy atom. The van der Waals surface area contributed by atoms with Crippen molar-refractivity contribution >= 4 is 5.82 Å². The molecule has 1 N–H and O–H groups in total. The van der Waals surface area contributed by atoms with E-state index in [4.69, 9.17) is 0 Å². The van der Waals surface area contributed by atoms with Crippen molar-refractivity contribution in [3.63, 3.8) is 0 Å². The van der Waals surface area contributed by atoms with Crippen LogP contribution >= 0.6 is 0 Å². The monoisotopic (exact) mass is 246 g/mol. The van der Waals surface area contributed by atoms with Crippen molar-refractivity contribution in [2.45, 2.75) is 13.1 Å². The molecule has 2 rings (SSSR count). The highest BCUT2D eigenvalue weighted by Gasteiger charge is 2.35. The Labute approximate surface area is 96.9 Å². The molecule has 1 fully saturated rings. The highest BCUT2D eigenvalue weighted by atomic mass is 19.4. The van der Waals surface area contributed by atoms with E-state index in [2.05, 4.69) is 15.3 Å². The molecule has 4 nitrogen and oxygen atoms in total. The number of aryl methyl sites for hydroxylation is 1. The lowest BCUT2D eigenvalue weighted by molar-refractivity contribution is -0.145. The van der Waals surface area contributed by atoms with E-state index in [0.717, 1.165) is 13.1 Å². The summed E-state index contributed by atoms with van der Waals surface area (Å²) in [4.78, 5) is 8.85. The molecule has 0 aliphatic carbocycles. The second-order valence-electron chi connectivity index (χ2n) is 3.93. The van der Waals surface area contributed by atoms with Crippen LogP contribution in [0.2, 0.25) is 0 Å². The predicted molar refractivity (Wildman–Crippen MR) is 56.9 cm³/mol. The zero-order chi connectivity index (χ0) is 12.5. The summed E-state index contributed by atoms with van der Waals surface area (Å²) < 4.78 is 37.7. The third kappa shape index (κ3) is 2.85. The number of hydrogen-bond donors (Lipinski definition) is 1. The van der Waals surface area contributed by atoms with Gasteiger partial charge in [-0.2, -0.15) is 13.2 Å². The van der Waals surface area contributed by atoms with Crippen LogP contribution in [0.15, 0.2) is 6.07 Å². The van der Waals surface area contributed by atoms with Crippen LogP contribution < -0.4 is 10.2 Å². The smallest absolute Gasteiger partial charge is 0.354 e. The molecule has 94 valence electrons. The van der Waals surface area contributed by atoms with E-state index in [1.807, 2.05) is 4.90 Å². The summed E-state index contributed by atoms with van der Waals surface area (Å²) in [5, 5.41) is 3.14. The molecule has 0 amide bonds. The quantitative estimate of drug-likeness (QED) is 0.808. The van der Waals surface area contributed by atoms with Crippen LogP contribution in [-0.4, -0.2) is 36.1 Å². The van der Waals surface area contributed by atoms with Gasteiger partial charge in [0.1, 0.15) is 5.82 Å². The number of rotatable bonds is 1. The average molecular weight is 246 g/mol. The number of nitrogens with one attached hydrogen (secondary N) is 1. The molecule has 17 heavy (non-hydrogen) atoms. The van der Waals surface area contributed by atoms with Gasteiger partial charge in [-0.25, -0.2) is 9.97 Å². The van der Waals surface area contributed by atoms with Crippen molar-refractivity contribution < 1.29 is 13.2 Å². The van der Waals surface area contributed by atoms with Crippen LogP contribution in [0.5, 0.6) is 0 Å². The maximum atomic E-state index is 12.6. The van der Waals surface area contributed by atoms with Gasteiger partial charge in [0.15, 0.2) is 0 Å². The summed E-state index contributed by atoms with van der Waals surface area (Å²) >= 11 is 0. The molecule has 1 aliphatic rings. The largest absolute Gasteiger partial charge is 0.451 e. The summed E-state index contributed by atoms with van der Waals surface area (Å²) in [7, 11) is 0. The van der Waals surface area contributed by atoms with Gasteiger partial charge in [-0.1, -0.05) is 0 Å². The molecule has 0 saturated carbocycles. The maximum Gasteiger partial charge on any atom is 0.451 e. The second kappa shape index (κ2) is 4.48. The minimum Gasteiger partial charge on any atom is -0.354 e. The van der Waals surface area contributed by atoms with Crippen LogP contribution in [0.1, 0.15) is 11.5 Å². The fourth-order valence-corrected chi connectivity index (χ4v) is 1.73. The van der Waals surface area contributed by atoms with E-state index in [1.54, 1.807) is 13.0 Å². The van der Waals surface area contributed by atoms with Crippen LogP contribution in [0, 0.1) is 6.92 Å². The maximum absolute atomic E-state index is 12.6. The van der Waals surface area contributed by atoms with E-state index in [0.29, 0.717) is 24.6 Å². The standard InChI is InChI=1S/C10H13F3N4/c1-7-6-8(17-4-2-14-3-5-17)16-9(15-7)10(11,12)13/h6,14H,2-5H2,1H3. The Morgan fingerprint density at radius 1 is 1.24 bits per heavy atom. The third-order valence-corrected chi connectivity index (χ3v) is 2.54. The Morgan fingerprint density at radius 3 is 2.47 bits per heavy atom. The first-order chi connectivity index (χ1) is 7.97. The van der Waals surface area contributed by atoms with Crippen LogP contribution in [0.3, 0.4) is 0 Å². The van der Waals surface area contributed by atoms with E-state index >= 15 is 0 Å². The minimum absolute atomic E-state index is 0.334.